The van der Waals surface area contributed by atoms with E-state index in [9.17, 15) is 9.59 Å². The fraction of sp³-hybridized carbons (Fsp3) is 0.353. The zero-order chi connectivity index (χ0) is 17.2. The Bertz CT molecular complexity index is 846. The molecule has 0 aliphatic carbocycles. The van der Waals surface area contributed by atoms with E-state index < -0.39 is 0 Å². The molecular weight excluding hydrogens is 340 g/mol. The number of likely N-dealkylation sites (tertiary alicyclic amines) is 1. The van der Waals surface area contributed by atoms with Crippen molar-refractivity contribution < 1.29 is 14.0 Å². The van der Waals surface area contributed by atoms with Crippen LogP contribution in [-0.2, 0) is 11.2 Å². The number of nitrogens with one attached hydrogen (secondary N) is 1. The van der Waals surface area contributed by atoms with Gasteiger partial charge in [0.1, 0.15) is 0 Å². The lowest BCUT2D eigenvalue weighted by molar-refractivity contribution is -0.121. The van der Waals surface area contributed by atoms with E-state index in [1.807, 2.05) is 22.2 Å². The van der Waals surface area contributed by atoms with Crippen LogP contribution in [0.15, 0.2) is 40.6 Å². The number of aromatic nitrogens is 2. The summed E-state index contributed by atoms with van der Waals surface area (Å²) in [6.07, 6.45) is 7.09. The van der Waals surface area contributed by atoms with Crippen molar-refractivity contribution in [1.29, 1.82) is 0 Å². The molecule has 0 unspecified atom stereocenters. The molecule has 0 atom stereocenters. The highest BCUT2D eigenvalue weighted by molar-refractivity contribution is 7.15. The Hall–Kier alpha value is -2.61. The first-order valence-electron chi connectivity index (χ1n) is 8.22. The number of imidazole rings is 1. The maximum Gasteiger partial charge on any atom is 0.289 e. The van der Waals surface area contributed by atoms with Crippen LogP contribution in [0.4, 0.5) is 0 Å². The predicted octanol–water partition coefficient (Wildman–Crippen LogP) is 1.95. The van der Waals surface area contributed by atoms with Crippen molar-refractivity contribution in [3.8, 4) is 0 Å². The molecule has 0 aromatic carbocycles. The lowest BCUT2D eigenvalue weighted by atomic mass is 10.0. The number of hydrogen-bond acceptors (Lipinski definition) is 5. The molecule has 2 amide bonds. The Morgan fingerprint density at radius 2 is 2.20 bits per heavy atom. The van der Waals surface area contributed by atoms with Gasteiger partial charge in [-0.2, -0.15) is 0 Å². The normalized spacial score (nSPS) is 15.6. The van der Waals surface area contributed by atoms with Crippen molar-refractivity contribution in [3.63, 3.8) is 0 Å². The first kappa shape index (κ1) is 15.9. The second-order valence-electron chi connectivity index (χ2n) is 6.11. The van der Waals surface area contributed by atoms with Crippen LogP contribution in [0.5, 0.6) is 0 Å². The molecule has 8 heteroatoms. The topological polar surface area (TPSA) is 79.9 Å². The van der Waals surface area contributed by atoms with E-state index in [1.165, 1.54) is 6.26 Å². The number of amides is 2. The maximum absolute atomic E-state index is 12.2. The van der Waals surface area contributed by atoms with Gasteiger partial charge in [-0.15, -0.1) is 11.3 Å². The van der Waals surface area contributed by atoms with Gasteiger partial charge < -0.3 is 14.6 Å². The molecule has 130 valence electrons. The predicted molar refractivity (Wildman–Crippen MR) is 92.5 cm³/mol. The zero-order valence-electron chi connectivity index (χ0n) is 13.6. The lowest BCUT2D eigenvalue weighted by Gasteiger charge is -2.31. The molecule has 0 radical (unpaired) electrons. The van der Waals surface area contributed by atoms with Crippen molar-refractivity contribution >= 4 is 28.1 Å². The Morgan fingerprint density at radius 1 is 1.36 bits per heavy atom. The Labute approximate surface area is 148 Å². The third-order valence-electron chi connectivity index (χ3n) is 4.36. The van der Waals surface area contributed by atoms with Crippen molar-refractivity contribution in [3.05, 3.63) is 47.6 Å². The smallest absolute Gasteiger partial charge is 0.289 e. The summed E-state index contributed by atoms with van der Waals surface area (Å²) < 4.78 is 7.08. The van der Waals surface area contributed by atoms with Gasteiger partial charge in [-0.25, -0.2) is 4.98 Å². The highest BCUT2D eigenvalue weighted by atomic mass is 32.1. The van der Waals surface area contributed by atoms with E-state index >= 15 is 0 Å². The SMILES string of the molecule is O=C(Cc1cn2ccsc2n1)NC1CCN(C(=O)c2ccco2)CC1. The highest BCUT2D eigenvalue weighted by Gasteiger charge is 2.25. The van der Waals surface area contributed by atoms with Gasteiger partial charge in [0.05, 0.1) is 18.4 Å². The standard InChI is InChI=1S/C17H18N4O3S/c22-15(10-13-11-21-7-9-25-17(21)19-13)18-12-3-5-20(6-4-12)16(23)14-2-1-8-24-14/h1-2,7-9,11-12H,3-6,10H2,(H,18,22). The van der Waals surface area contributed by atoms with E-state index in [0.29, 0.717) is 18.8 Å². The van der Waals surface area contributed by atoms with Gasteiger partial charge >= 0.3 is 0 Å². The molecule has 1 fully saturated rings. The molecule has 4 heterocycles. The number of nitrogens with zero attached hydrogens (tertiary/aromatic N) is 3. The molecule has 1 aliphatic rings. The Balaban J connectivity index is 1.27. The number of carbonyl (C=O) groups excluding carboxylic acids is 2. The third kappa shape index (κ3) is 3.43. The summed E-state index contributed by atoms with van der Waals surface area (Å²) in [6, 6.07) is 3.48. The molecule has 25 heavy (non-hydrogen) atoms. The number of piperidine rings is 1. The number of fused-ring (bicyclic) bond motifs is 1. The first-order chi connectivity index (χ1) is 12.2. The maximum atomic E-state index is 12.2. The van der Waals surface area contributed by atoms with Crippen LogP contribution in [0, 0.1) is 0 Å². The fourth-order valence-electron chi connectivity index (χ4n) is 3.09. The average molecular weight is 358 g/mol. The monoisotopic (exact) mass is 358 g/mol. The zero-order valence-corrected chi connectivity index (χ0v) is 14.4. The molecule has 0 bridgehead atoms. The van der Waals surface area contributed by atoms with Crippen molar-refractivity contribution in [2.24, 2.45) is 0 Å². The minimum atomic E-state index is -0.0899. The van der Waals surface area contributed by atoms with Crippen molar-refractivity contribution in [1.82, 2.24) is 19.6 Å². The summed E-state index contributed by atoms with van der Waals surface area (Å²) in [7, 11) is 0. The summed E-state index contributed by atoms with van der Waals surface area (Å²) in [4.78, 5) is 31.5. The minimum Gasteiger partial charge on any atom is -0.459 e. The quantitative estimate of drug-likeness (QED) is 0.773. The van der Waals surface area contributed by atoms with Gasteiger partial charge in [0.15, 0.2) is 10.7 Å². The molecule has 0 saturated carbocycles. The van der Waals surface area contributed by atoms with E-state index in [4.69, 9.17) is 4.42 Å². The number of thiazole rings is 1. The molecule has 3 aromatic heterocycles. The van der Waals surface area contributed by atoms with Gasteiger partial charge in [-0.05, 0) is 25.0 Å². The number of rotatable bonds is 4. The number of carbonyl (C=O) groups is 2. The Morgan fingerprint density at radius 3 is 2.92 bits per heavy atom. The van der Waals surface area contributed by atoms with Crippen LogP contribution in [0.25, 0.3) is 4.96 Å². The molecule has 1 N–H and O–H groups in total. The molecule has 1 saturated heterocycles. The van der Waals surface area contributed by atoms with Gasteiger partial charge in [0, 0.05) is 36.9 Å². The van der Waals surface area contributed by atoms with Crippen LogP contribution >= 0.6 is 11.3 Å². The van der Waals surface area contributed by atoms with Gasteiger partial charge in [-0.3, -0.25) is 14.0 Å². The molecular formula is C17H18N4O3S. The summed E-state index contributed by atoms with van der Waals surface area (Å²) >= 11 is 1.55. The number of furan rings is 1. The van der Waals surface area contributed by atoms with Crippen LogP contribution in [0.3, 0.4) is 0 Å². The van der Waals surface area contributed by atoms with E-state index in [0.717, 1.165) is 23.5 Å². The van der Waals surface area contributed by atoms with Gasteiger partial charge in [-0.1, -0.05) is 0 Å². The lowest BCUT2D eigenvalue weighted by Crippen LogP contribution is -2.46. The molecule has 1 aliphatic heterocycles. The second kappa shape index (κ2) is 6.72. The first-order valence-corrected chi connectivity index (χ1v) is 9.10. The third-order valence-corrected chi connectivity index (χ3v) is 5.13. The number of hydrogen-bond donors (Lipinski definition) is 1. The largest absolute Gasteiger partial charge is 0.459 e. The second-order valence-corrected chi connectivity index (χ2v) is 6.99. The fourth-order valence-corrected chi connectivity index (χ4v) is 3.81. The molecule has 3 aromatic rings. The minimum absolute atomic E-state index is 0.0263. The summed E-state index contributed by atoms with van der Waals surface area (Å²) in [5.41, 5.74) is 0.773. The van der Waals surface area contributed by atoms with Crippen molar-refractivity contribution in [2.45, 2.75) is 25.3 Å². The van der Waals surface area contributed by atoms with Crippen LogP contribution in [0.2, 0.25) is 0 Å². The molecule has 0 spiro atoms. The Kier molecular flexibility index (Phi) is 4.27. The summed E-state index contributed by atoms with van der Waals surface area (Å²) in [5.74, 6) is 0.247. The van der Waals surface area contributed by atoms with Gasteiger partial charge in [0.25, 0.3) is 5.91 Å². The van der Waals surface area contributed by atoms with Crippen LogP contribution in [-0.4, -0.2) is 45.2 Å². The van der Waals surface area contributed by atoms with E-state index in [1.54, 1.807) is 28.4 Å². The highest BCUT2D eigenvalue weighted by Crippen LogP contribution is 2.15. The summed E-state index contributed by atoms with van der Waals surface area (Å²) in [6.45, 7) is 1.23. The van der Waals surface area contributed by atoms with E-state index in [-0.39, 0.29) is 24.3 Å². The van der Waals surface area contributed by atoms with Crippen LogP contribution < -0.4 is 5.32 Å². The average Bonchev–Trinajstić information content (AvgIpc) is 3.32. The van der Waals surface area contributed by atoms with E-state index in [2.05, 4.69) is 10.3 Å². The van der Waals surface area contributed by atoms with Crippen molar-refractivity contribution in [2.75, 3.05) is 13.1 Å². The molecule has 4 rings (SSSR count). The summed E-state index contributed by atoms with van der Waals surface area (Å²) in [5, 5.41) is 5.01. The van der Waals surface area contributed by atoms with Gasteiger partial charge in [0.2, 0.25) is 5.91 Å². The molecule has 7 nitrogen and oxygen atoms in total. The van der Waals surface area contributed by atoms with Crippen LogP contribution in [0.1, 0.15) is 29.1 Å².